The lowest BCUT2D eigenvalue weighted by molar-refractivity contribution is 0.258. The van der Waals surface area contributed by atoms with E-state index in [1.165, 1.54) is 38.6 Å². The molecule has 66 valence electrons. The van der Waals surface area contributed by atoms with E-state index < -0.39 is 0 Å². The summed E-state index contributed by atoms with van der Waals surface area (Å²) in [5.74, 6) is 0.971. The van der Waals surface area contributed by atoms with E-state index in [0.717, 1.165) is 12.0 Å². The molecule has 0 aromatic rings. The van der Waals surface area contributed by atoms with Gasteiger partial charge in [0.15, 0.2) is 0 Å². The zero-order valence-corrected chi connectivity index (χ0v) is 7.90. The van der Waals surface area contributed by atoms with Gasteiger partial charge in [0.25, 0.3) is 0 Å². The molecule has 0 amide bonds. The lowest BCUT2D eigenvalue weighted by Gasteiger charge is -2.31. The molecule has 1 aliphatic rings. The fourth-order valence-corrected chi connectivity index (χ4v) is 2.21. The molecule has 1 saturated heterocycles. The molecule has 1 heteroatoms. The first-order chi connectivity index (χ1) is 5.38. The second-order valence-electron chi connectivity index (χ2n) is 3.66. The van der Waals surface area contributed by atoms with Gasteiger partial charge in [-0.25, -0.2) is 0 Å². The van der Waals surface area contributed by atoms with Crippen molar-refractivity contribution in [3.8, 4) is 0 Å². The average Bonchev–Trinajstić information content (AvgIpc) is 2.06. The van der Waals surface area contributed by atoms with Crippen molar-refractivity contribution < 1.29 is 0 Å². The van der Waals surface area contributed by atoms with E-state index in [0.29, 0.717) is 0 Å². The van der Waals surface area contributed by atoms with Gasteiger partial charge in [-0.1, -0.05) is 20.3 Å². The third-order valence-electron chi connectivity index (χ3n) is 2.83. The second kappa shape index (κ2) is 4.76. The predicted molar refractivity (Wildman–Crippen MR) is 49.7 cm³/mol. The van der Waals surface area contributed by atoms with E-state index in [-0.39, 0.29) is 0 Å². The smallest absolute Gasteiger partial charge is 0.00927 e. The largest absolute Gasteiger partial charge is 0.314 e. The minimum Gasteiger partial charge on any atom is -0.314 e. The van der Waals surface area contributed by atoms with Crippen LogP contribution in [-0.4, -0.2) is 12.6 Å². The Balaban J connectivity index is 2.31. The summed E-state index contributed by atoms with van der Waals surface area (Å²) < 4.78 is 0. The molecule has 1 N–H and O–H groups in total. The van der Waals surface area contributed by atoms with Crippen LogP contribution in [0.3, 0.4) is 0 Å². The van der Waals surface area contributed by atoms with E-state index in [1.54, 1.807) is 0 Å². The van der Waals surface area contributed by atoms with Crippen LogP contribution in [0.25, 0.3) is 0 Å². The fraction of sp³-hybridized carbons (Fsp3) is 1.00. The van der Waals surface area contributed by atoms with Crippen molar-refractivity contribution in [3.05, 3.63) is 0 Å². The van der Waals surface area contributed by atoms with E-state index in [4.69, 9.17) is 0 Å². The number of piperidine rings is 1. The Kier molecular flexibility index (Phi) is 3.92. The van der Waals surface area contributed by atoms with Gasteiger partial charge >= 0.3 is 0 Å². The van der Waals surface area contributed by atoms with Crippen molar-refractivity contribution in [2.45, 2.75) is 52.0 Å². The molecule has 1 heterocycles. The van der Waals surface area contributed by atoms with Gasteiger partial charge in [-0.15, -0.1) is 0 Å². The van der Waals surface area contributed by atoms with E-state index in [1.807, 2.05) is 0 Å². The molecule has 0 bridgehead atoms. The van der Waals surface area contributed by atoms with Gasteiger partial charge in [0, 0.05) is 6.04 Å². The molecule has 2 unspecified atom stereocenters. The Labute approximate surface area is 70.6 Å². The third kappa shape index (κ3) is 2.48. The van der Waals surface area contributed by atoms with Crippen LogP contribution in [0.1, 0.15) is 46.0 Å². The zero-order chi connectivity index (χ0) is 8.10. The highest BCUT2D eigenvalue weighted by Crippen LogP contribution is 2.22. The maximum atomic E-state index is 3.60. The predicted octanol–water partition coefficient (Wildman–Crippen LogP) is 2.56. The summed E-state index contributed by atoms with van der Waals surface area (Å²) in [6.45, 7) is 5.84. The van der Waals surface area contributed by atoms with Crippen molar-refractivity contribution in [2.75, 3.05) is 6.54 Å². The Morgan fingerprint density at radius 3 is 2.82 bits per heavy atom. The lowest BCUT2D eigenvalue weighted by atomic mass is 9.86. The molecule has 0 aromatic carbocycles. The van der Waals surface area contributed by atoms with Crippen LogP contribution in [0.4, 0.5) is 0 Å². The maximum Gasteiger partial charge on any atom is 0.00927 e. The zero-order valence-electron chi connectivity index (χ0n) is 7.90. The Morgan fingerprint density at radius 2 is 2.18 bits per heavy atom. The lowest BCUT2D eigenvalue weighted by Crippen LogP contribution is -2.40. The molecule has 0 aliphatic carbocycles. The Bertz CT molecular complexity index is 99.0. The fourth-order valence-electron chi connectivity index (χ4n) is 2.21. The Morgan fingerprint density at radius 1 is 1.36 bits per heavy atom. The van der Waals surface area contributed by atoms with Crippen molar-refractivity contribution in [2.24, 2.45) is 5.92 Å². The van der Waals surface area contributed by atoms with Crippen LogP contribution < -0.4 is 5.32 Å². The minimum absolute atomic E-state index is 0.823. The van der Waals surface area contributed by atoms with Crippen LogP contribution in [0.15, 0.2) is 0 Å². The summed E-state index contributed by atoms with van der Waals surface area (Å²) in [5, 5.41) is 3.60. The highest BCUT2D eigenvalue weighted by atomic mass is 14.9. The molecule has 1 fully saturated rings. The van der Waals surface area contributed by atoms with Gasteiger partial charge in [-0.2, -0.15) is 0 Å². The van der Waals surface area contributed by atoms with Crippen molar-refractivity contribution in [1.82, 2.24) is 5.32 Å². The molecule has 0 spiro atoms. The van der Waals surface area contributed by atoms with E-state index >= 15 is 0 Å². The van der Waals surface area contributed by atoms with E-state index in [9.17, 15) is 0 Å². The van der Waals surface area contributed by atoms with Crippen molar-refractivity contribution in [1.29, 1.82) is 0 Å². The molecule has 1 nitrogen and oxygen atoms in total. The summed E-state index contributed by atoms with van der Waals surface area (Å²) in [4.78, 5) is 0. The standard InChI is InChI=1S/C10H21N/c1-3-6-9-7-5-8-11-10(9)4-2/h9-11H,3-8H2,1-2H3. The minimum atomic E-state index is 0.823. The molecule has 1 rings (SSSR count). The third-order valence-corrected chi connectivity index (χ3v) is 2.83. The summed E-state index contributed by atoms with van der Waals surface area (Å²) >= 11 is 0. The normalized spacial score (nSPS) is 32.2. The molecule has 11 heavy (non-hydrogen) atoms. The van der Waals surface area contributed by atoms with Gasteiger partial charge in [0.05, 0.1) is 0 Å². The first kappa shape index (κ1) is 9.05. The number of nitrogens with one attached hydrogen (secondary N) is 1. The van der Waals surface area contributed by atoms with Crippen LogP contribution in [-0.2, 0) is 0 Å². The summed E-state index contributed by atoms with van der Waals surface area (Å²) in [6, 6.07) is 0.823. The maximum absolute atomic E-state index is 3.60. The second-order valence-corrected chi connectivity index (χ2v) is 3.66. The molecule has 0 radical (unpaired) electrons. The Hall–Kier alpha value is -0.0400. The van der Waals surface area contributed by atoms with Crippen LogP contribution in [0.5, 0.6) is 0 Å². The SMILES string of the molecule is CCCC1CCCNC1CC. The summed E-state index contributed by atoms with van der Waals surface area (Å²) in [6.07, 6.45) is 6.93. The van der Waals surface area contributed by atoms with Gasteiger partial charge in [0.2, 0.25) is 0 Å². The van der Waals surface area contributed by atoms with Gasteiger partial charge < -0.3 is 5.32 Å². The monoisotopic (exact) mass is 155 g/mol. The topological polar surface area (TPSA) is 12.0 Å². The number of hydrogen-bond acceptors (Lipinski definition) is 1. The van der Waals surface area contributed by atoms with Crippen molar-refractivity contribution >= 4 is 0 Å². The summed E-state index contributed by atoms with van der Waals surface area (Å²) in [7, 11) is 0. The van der Waals surface area contributed by atoms with Gasteiger partial charge in [-0.3, -0.25) is 0 Å². The van der Waals surface area contributed by atoms with Gasteiger partial charge in [0.1, 0.15) is 0 Å². The van der Waals surface area contributed by atoms with Crippen molar-refractivity contribution in [3.63, 3.8) is 0 Å². The molecule has 0 aromatic heterocycles. The quantitative estimate of drug-likeness (QED) is 0.660. The number of hydrogen-bond donors (Lipinski definition) is 1. The molecular weight excluding hydrogens is 134 g/mol. The first-order valence-electron chi connectivity index (χ1n) is 5.11. The molecule has 2 atom stereocenters. The average molecular weight is 155 g/mol. The first-order valence-corrected chi connectivity index (χ1v) is 5.11. The van der Waals surface area contributed by atoms with Crippen LogP contribution in [0.2, 0.25) is 0 Å². The van der Waals surface area contributed by atoms with Gasteiger partial charge in [-0.05, 0) is 38.1 Å². The highest BCUT2D eigenvalue weighted by Gasteiger charge is 2.21. The van der Waals surface area contributed by atoms with Crippen LogP contribution >= 0.6 is 0 Å². The van der Waals surface area contributed by atoms with Crippen LogP contribution in [0, 0.1) is 5.92 Å². The highest BCUT2D eigenvalue weighted by molar-refractivity contribution is 4.79. The number of rotatable bonds is 3. The molecular formula is C10H21N. The summed E-state index contributed by atoms with van der Waals surface area (Å²) in [5.41, 5.74) is 0. The molecule has 1 aliphatic heterocycles. The van der Waals surface area contributed by atoms with E-state index in [2.05, 4.69) is 19.2 Å². The molecule has 0 saturated carbocycles.